The van der Waals surface area contributed by atoms with Crippen molar-refractivity contribution in [2.24, 2.45) is 0 Å². The molecule has 6 nitrogen and oxygen atoms in total. The first-order valence-corrected chi connectivity index (χ1v) is 7.05. The van der Waals surface area contributed by atoms with Crippen LogP contribution in [0.3, 0.4) is 0 Å². The predicted molar refractivity (Wildman–Crippen MR) is 83.4 cm³/mol. The number of nitrogens with one attached hydrogen (secondary N) is 3. The van der Waals surface area contributed by atoms with Gasteiger partial charge in [-0.2, -0.15) is 0 Å². The van der Waals surface area contributed by atoms with Gasteiger partial charge in [-0.3, -0.25) is 9.59 Å². The molecule has 6 heteroatoms. The number of methoxy groups -OCH3 is 1. The summed E-state index contributed by atoms with van der Waals surface area (Å²) >= 11 is 0. The summed E-state index contributed by atoms with van der Waals surface area (Å²) in [4.78, 5) is 22.9. The Hall–Kier alpha value is -1.92. The molecule has 0 aliphatic carbocycles. The molecule has 1 rings (SSSR count). The Morgan fingerprint density at radius 3 is 2.14 bits per heavy atom. The van der Waals surface area contributed by atoms with Gasteiger partial charge < -0.3 is 20.7 Å². The fourth-order valence-corrected chi connectivity index (χ4v) is 1.63. The molecule has 0 aliphatic heterocycles. The van der Waals surface area contributed by atoms with Crippen LogP contribution in [0.5, 0.6) is 0 Å². The zero-order valence-corrected chi connectivity index (χ0v) is 12.6. The number of benzene rings is 1. The Morgan fingerprint density at radius 2 is 1.62 bits per heavy atom. The van der Waals surface area contributed by atoms with E-state index in [0.717, 1.165) is 18.7 Å². The molecule has 0 saturated heterocycles. The molecule has 0 saturated carbocycles. The SMILES string of the molecule is CCC(=O)Nc1ccc(NC(=O)CNCCCOC)cc1. The van der Waals surface area contributed by atoms with E-state index in [0.29, 0.717) is 18.7 Å². The van der Waals surface area contributed by atoms with Gasteiger partial charge in [0.05, 0.1) is 6.54 Å². The lowest BCUT2D eigenvalue weighted by molar-refractivity contribution is -0.116. The molecule has 0 aromatic heterocycles. The van der Waals surface area contributed by atoms with E-state index in [2.05, 4.69) is 16.0 Å². The number of hydrogen-bond acceptors (Lipinski definition) is 4. The zero-order chi connectivity index (χ0) is 15.5. The average Bonchev–Trinajstić information content (AvgIpc) is 2.49. The van der Waals surface area contributed by atoms with Crippen molar-refractivity contribution in [3.05, 3.63) is 24.3 Å². The van der Waals surface area contributed by atoms with Crippen LogP contribution >= 0.6 is 0 Å². The fourth-order valence-electron chi connectivity index (χ4n) is 1.63. The molecule has 0 unspecified atom stereocenters. The molecule has 0 atom stereocenters. The molecule has 0 bridgehead atoms. The summed E-state index contributed by atoms with van der Waals surface area (Å²) in [7, 11) is 1.65. The topological polar surface area (TPSA) is 79.5 Å². The molecule has 0 radical (unpaired) electrons. The molecule has 0 heterocycles. The van der Waals surface area contributed by atoms with Crippen LogP contribution in [0.4, 0.5) is 11.4 Å². The number of rotatable bonds is 9. The average molecular weight is 293 g/mol. The Kier molecular flexibility index (Phi) is 8.08. The van der Waals surface area contributed by atoms with Crippen molar-refractivity contribution in [1.82, 2.24) is 5.32 Å². The van der Waals surface area contributed by atoms with Gasteiger partial charge in [-0.25, -0.2) is 0 Å². The van der Waals surface area contributed by atoms with Crippen LogP contribution in [0.2, 0.25) is 0 Å². The fraction of sp³-hybridized carbons (Fsp3) is 0.467. The van der Waals surface area contributed by atoms with E-state index in [1.54, 1.807) is 38.3 Å². The summed E-state index contributed by atoms with van der Waals surface area (Å²) < 4.78 is 4.92. The van der Waals surface area contributed by atoms with Crippen LogP contribution in [-0.2, 0) is 14.3 Å². The highest BCUT2D eigenvalue weighted by Gasteiger charge is 2.03. The van der Waals surface area contributed by atoms with Gasteiger partial charge in [0.15, 0.2) is 0 Å². The van der Waals surface area contributed by atoms with Crippen molar-refractivity contribution >= 4 is 23.2 Å². The highest BCUT2D eigenvalue weighted by Crippen LogP contribution is 2.13. The third-order valence-electron chi connectivity index (χ3n) is 2.76. The Labute approximate surface area is 125 Å². The second kappa shape index (κ2) is 9.90. The van der Waals surface area contributed by atoms with Gasteiger partial charge in [0.1, 0.15) is 0 Å². The molecule has 1 aromatic carbocycles. The maximum Gasteiger partial charge on any atom is 0.238 e. The Balaban J connectivity index is 2.31. The Bertz CT molecular complexity index is 446. The molecule has 21 heavy (non-hydrogen) atoms. The summed E-state index contributed by atoms with van der Waals surface area (Å²) in [6.45, 7) is 3.48. The van der Waals surface area contributed by atoms with Crippen LogP contribution < -0.4 is 16.0 Å². The summed E-state index contributed by atoms with van der Waals surface area (Å²) in [5, 5.41) is 8.57. The molecule has 1 aromatic rings. The van der Waals surface area contributed by atoms with Crippen molar-refractivity contribution in [3.63, 3.8) is 0 Å². The third-order valence-corrected chi connectivity index (χ3v) is 2.76. The Morgan fingerprint density at radius 1 is 1.05 bits per heavy atom. The summed E-state index contributed by atoms with van der Waals surface area (Å²) in [6, 6.07) is 7.03. The van der Waals surface area contributed by atoms with E-state index in [1.807, 2.05) is 0 Å². The highest BCUT2D eigenvalue weighted by molar-refractivity contribution is 5.93. The van der Waals surface area contributed by atoms with Crippen molar-refractivity contribution in [2.45, 2.75) is 19.8 Å². The van der Waals surface area contributed by atoms with Crippen molar-refractivity contribution in [1.29, 1.82) is 0 Å². The molecular weight excluding hydrogens is 270 g/mol. The van der Waals surface area contributed by atoms with E-state index in [1.165, 1.54) is 0 Å². The maximum absolute atomic E-state index is 11.7. The highest BCUT2D eigenvalue weighted by atomic mass is 16.5. The van der Waals surface area contributed by atoms with E-state index in [-0.39, 0.29) is 18.4 Å². The number of carbonyl (C=O) groups excluding carboxylic acids is 2. The van der Waals surface area contributed by atoms with Crippen molar-refractivity contribution < 1.29 is 14.3 Å². The minimum Gasteiger partial charge on any atom is -0.385 e. The first-order chi connectivity index (χ1) is 10.2. The van der Waals surface area contributed by atoms with Gasteiger partial charge in [0.2, 0.25) is 11.8 Å². The minimum atomic E-state index is -0.0993. The lowest BCUT2D eigenvalue weighted by atomic mass is 10.2. The summed E-state index contributed by atoms with van der Waals surface area (Å²) in [6.07, 6.45) is 1.31. The molecule has 2 amide bonds. The quantitative estimate of drug-likeness (QED) is 0.604. The largest absolute Gasteiger partial charge is 0.385 e. The second-order valence-electron chi connectivity index (χ2n) is 4.55. The van der Waals surface area contributed by atoms with Crippen LogP contribution in [0.25, 0.3) is 0 Å². The van der Waals surface area contributed by atoms with Crippen LogP contribution in [0, 0.1) is 0 Å². The van der Waals surface area contributed by atoms with Crippen LogP contribution in [-0.4, -0.2) is 38.6 Å². The molecule has 0 fully saturated rings. The first-order valence-electron chi connectivity index (χ1n) is 7.05. The minimum absolute atomic E-state index is 0.0351. The number of anilines is 2. The standard InChI is InChI=1S/C15H23N3O3/c1-3-14(19)17-12-5-7-13(8-6-12)18-15(20)11-16-9-4-10-21-2/h5-8,16H,3-4,9-11H2,1-2H3,(H,17,19)(H,18,20). The molecule has 3 N–H and O–H groups in total. The second-order valence-corrected chi connectivity index (χ2v) is 4.55. The van der Waals surface area contributed by atoms with E-state index in [4.69, 9.17) is 4.74 Å². The van der Waals surface area contributed by atoms with Gasteiger partial charge in [0, 0.05) is 31.5 Å². The van der Waals surface area contributed by atoms with Crippen molar-refractivity contribution in [2.75, 3.05) is 37.4 Å². The zero-order valence-electron chi connectivity index (χ0n) is 12.6. The summed E-state index contributed by atoms with van der Waals surface area (Å²) in [5.74, 6) is -0.134. The predicted octanol–water partition coefficient (Wildman–Crippen LogP) is 1.60. The molecular formula is C15H23N3O3. The van der Waals surface area contributed by atoms with Crippen molar-refractivity contribution in [3.8, 4) is 0 Å². The van der Waals surface area contributed by atoms with E-state index < -0.39 is 0 Å². The van der Waals surface area contributed by atoms with Gasteiger partial charge in [0.25, 0.3) is 0 Å². The molecule has 0 aliphatic rings. The monoisotopic (exact) mass is 293 g/mol. The smallest absolute Gasteiger partial charge is 0.238 e. The summed E-state index contributed by atoms with van der Waals surface area (Å²) in [5.41, 5.74) is 1.42. The third kappa shape index (κ3) is 7.43. The number of carbonyl (C=O) groups is 2. The lowest BCUT2D eigenvalue weighted by Gasteiger charge is -2.08. The molecule has 116 valence electrons. The lowest BCUT2D eigenvalue weighted by Crippen LogP contribution is -2.29. The number of ether oxygens (including phenoxy) is 1. The van der Waals surface area contributed by atoms with E-state index >= 15 is 0 Å². The van der Waals surface area contributed by atoms with Gasteiger partial charge in [-0.1, -0.05) is 6.92 Å². The van der Waals surface area contributed by atoms with Crippen LogP contribution in [0.15, 0.2) is 24.3 Å². The first kappa shape index (κ1) is 17.1. The number of amides is 2. The van der Waals surface area contributed by atoms with Gasteiger partial charge in [-0.15, -0.1) is 0 Å². The van der Waals surface area contributed by atoms with Crippen LogP contribution in [0.1, 0.15) is 19.8 Å². The molecule has 0 spiro atoms. The normalized spacial score (nSPS) is 10.2. The van der Waals surface area contributed by atoms with Gasteiger partial charge in [-0.05, 0) is 37.2 Å². The van der Waals surface area contributed by atoms with E-state index in [9.17, 15) is 9.59 Å². The maximum atomic E-state index is 11.7. The number of hydrogen-bond donors (Lipinski definition) is 3. The van der Waals surface area contributed by atoms with Gasteiger partial charge >= 0.3 is 0 Å².